The van der Waals surface area contributed by atoms with Crippen LogP contribution in [0.3, 0.4) is 0 Å². The first-order valence-corrected chi connectivity index (χ1v) is 7.64. The SMILES string of the molecule is CC1CC2(CCN(C(=O)OC(C)(C)C)C2)CC(C)C1=O. The Balaban J connectivity index is 2.01. The molecule has 2 aliphatic rings. The van der Waals surface area contributed by atoms with Gasteiger partial charge in [-0.1, -0.05) is 13.8 Å². The summed E-state index contributed by atoms with van der Waals surface area (Å²) in [6.07, 6.45) is 2.60. The van der Waals surface area contributed by atoms with E-state index in [4.69, 9.17) is 4.74 Å². The topological polar surface area (TPSA) is 46.6 Å². The quantitative estimate of drug-likeness (QED) is 0.684. The third-order valence-electron chi connectivity index (χ3n) is 4.54. The first-order valence-electron chi connectivity index (χ1n) is 7.64. The van der Waals surface area contributed by atoms with E-state index in [0.717, 1.165) is 32.4 Å². The summed E-state index contributed by atoms with van der Waals surface area (Å²) in [4.78, 5) is 25.9. The van der Waals surface area contributed by atoms with Crippen LogP contribution < -0.4 is 0 Å². The van der Waals surface area contributed by atoms with Gasteiger partial charge in [0, 0.05) is 24.9 Å². The van der Waals surface area contributed by atoms with Crippen molar-refractivity contribution >= 4 is 11.9 Å². The Morgan fingerprint density at radius 1 is 1.25 bits per heavy atom. The highest BCUT2D eigenvalue weighted by Gasteiger charge is 2.47. The fraction of sp³-hybridized carbons (Fsp3) is 0.875. The van der Waals surface area contributed by atoms with E-state index in [1.807, 2.05) is 39.5 Å². The molecule has 1 saturated heterocycles. The van der Waals surface area contributed by atoms with Crippen LogP contribution in [0, 0.1) is 17.3 Å². The van der Waals surface area contributed by atoms with Gasteiger partial charge >= 0.3 is 6.09 Å². The second-order valence-corrected chi connectivity index (χ2v) is 7.76. The monoisotopic (exact) mass is 281 g/mol. The molecule has 0 aromatic heterocycles. The molecule has 1 saturated carbocycles. The highest BCUT2D eigenvalue weighted by atomic mass is 16.6. The number of ether oxygens (including phenoxy) is 1. The van der Waals surface area contributed by atoms with Gasteiger partial charge in [-0.25, -0.2) is 4.79 Å². The van der Waals surface area contributed by atoms with Crippen molar-refractivity contribution in [1.82, 2.24) is 4.90 Å². The van der Waals surface area contributed by atoms with Gasteiger partial charge in [0.25, 0.3) is 0 Å². The zero-order valence-corrected chi connectivity index (χ0v) is 13.4. The van der Waals surface area contributed by atoms with E-state index in [1.165, 1.54) is 0 Å². The molecule has 1 amide bonds. The second-order valence-electron chi connectivity index (χ2n) is 7.76. The average molecular weight is 281 g/mol. The predicted octanol–water partition coefficient (Wildman–Crippen LogP) is 3.25. The smallest absolute Gasteiger partial charge is 0.410 e. The highest BCUT2D eigenvalue weighted by Crippen LogP contribution is 2.46. The van der Waals surface area contributed by atoms with Crippen LogP contribution in [0.25, 0.3) is 0 Å². The summed E-state index contributed by atoms with van der Waals surface area (Å²) in [5.41, 5.74) is -0.320. The Morgan fingerprint density at radius 2 is 1.80 bits per heavy atom. The largest absolute Gasteiger partial charge is 0.444 e. The molecule has 114 valence electrons. The fourth-order valence-corrected chi connectivity index (χ4v) is 3.82. The number of likely N-dealkylation sites (tertiary alicyclic amines) is 1. The van der Waals surface area contributed by atoms with Crippen molar-refractivity contribution in [3.05, 3.63) is 0 Å². The third-order valence-corrected chi connectivity index (χ3v) is 4.54. The summed E-state index contributed by atoms with van der Waals surface area (Å²) >= 11 is 0. The van der Waals surface area contributed by atoms with Gasteiger partial charge in [-0.05, 0) is 45.4 Å². The van der Waals surface area contributed by atoms with E-state index in [9.17, 15) is 9.59 Å². The lowest BCUT2D eigenvalue weighted by atomic mass is 9.65. The molecule has 1 spiro atoms. The molecule has 1 heterocycles. The standard InChI is InChI=1S/C16H27NO3/c1-11-8-16(9-12(2)13(11)18)6-7-17(10-16)14(19)20-15(3,4)5/h11-12H,6-10H2,1-5H3. The summed E-state index contributed by atoms with van der Waals surface area (Å²) in [7, 11) is 0. The maximum atomic E-state index is 12.2. The van der Waals surface area contributed by atoms with Gasteiger partial charge < -0.3 is 9.64 Å². The van der Waals surface area contributed by atoms with Crippen molar-refractivity contribution in [3.8, 4) is 0 Å². The number of nitrogens with zero attached hydrogens (tertiary/aromatic N) is 1. The molecule has 0 radical (unpaired) electrons. The lowest BCUT2D eigenvalue weighted by Gasteiger charge is -2.39. The highest BCUT2D eigenvalue weighted by molar-refractivity contribution is 5.83. The zero-order valence-electron chi connectivity index (χ0n) is 13.4. The summed E-state index contributed by atoms with van der Waals surface area (Å²) < 4.78 is 5.45. The second kappa shape index (κ2) is 5.05. The molecule has 20 heavy (non-hydrogen) atoms. The molecule has 0 aromatic rings. The van der Waals surface area contributed by atoms with Crippen LogP contribution in [-0.4, -0.2) is 35.5 Å². The van der Waals surface area contributed by atoms with Crippen molar-refractivity contribution in [1.29, 1.82) is 0 Å². The molecule has 2 atom stereocenters. The van der Waals surface area contributed by atoms with Crippen LogP contribution in [0.1, 0.15) is 53.9 Å². The summed E-state index contributed by atoms with van der Waals surface area (Å²) in [6.45, 7) is 11.2. The first-order chi connectivity index (χ1) is 9.12. The Labute approximate surface area is 121 Å². The van der Waals surface area contributed by atoms with E-state index in [1.54, 1.807) is 0 Å². The molecule has 4 heteroatoms. The third kappa shape index (κ3) is 3.15. The number of carbonyl (C=O) groups is 2. The van der Waals surface area contributed by atoms with Gasteiger partial charge in [-0.15, -0.1) is 0 Å². The molecule has 2 rings (SSSR count). The number of hydrogen-bond donors (Lipinski definition) is 0. The molecule has 1 aliphatic heterocycles. The molecule has 0 N–H and O–H groups in total. The number of hydrogen-bond acceptors (Lipinski definition) is 3. The predicted molar refractivity (Wildman–Crippen MR) is 77.4 cm³/mol. The molecule has 1 aliphatic carbocycles. The minimum absolute atomic E-state index is 0.123. The fourth-order valence-electron chi connectivity index (χ4n) is 3.82. The van der Waals surface area contributed by atoms with Gasteiger partial charge in [-0.2, -0.15) is 0 Å². The van der Waals surface area contributed by atoms with Crippen molar-refractivity contribution in [2.45, 2.75) is 59.5 Å². The Bertz CT molecular complexity index is 396. The Hall–Kier alpha value is -1.06. The van der Waals surface area contributed by atoms with Crippen molar-refractivity contribution in [2.75, 3.05) is 13.1 Å². The lowest BCUT2D eigenvalue weighted by Crippen LogP contribution is -2.41. The molecule has 4 nitrogen and oxygen atoms in total. The Kier molecular flexibility index (Phi) is 3.87. The maximum absolute atomic E-state index is 12.2. The molecular weight excluding hydrogens is 254 g/mol. The zero-order chi connectivity index (χ0) is 15.1. The van der Waals surface area contributed by atoms with Crippen LogP contribution in [0.15, 0.2) is 0 Å². The number of rotatable bonds is 0. The lowest BCUT2D eigenvalue weighted by molar-refractivity contribution is -0.131. The van der Waals surface area contributed by atoms with Crippen molar-refractivity contribution in [3.63, 3.8) is 0 Å². The van der Waals surface area contributed by atoms with Crippen LogP contribution in [-0.2, 0) is 9.53 Å². The van der Waals surface area contributed by atoms with E-state index in [-0.39, 0.29) is 23.3 Å². The maximum Gasteiger partial charge on any atom is 0.410 e. The molecule has 2 fully saturated rings. The number of ketones is 1. The Morgan fingerprint density at radius 3 is 2.30 bits per heavy atom. The van der Waals surface area contributed by atoms with Crippen LogP contribution in [0.2, 0.25) is 0 Å². The number of Topliss-reactive ketones (excluding diaryl/α,β-unsaturated/α-hetero) is 1. The van der Waals surface area contributed by atoms with E-state index >= 15 is 0 Å². The molecule has 0 bridgehead atoms. The van der Waals surface area contributed by atoms with Gasteiger partial charge in [0.1, 0.15) is 11.4 Å². The van der Waals surface area contributed by atoms with E-state index in [0.29, 0.717) is 5.78 Å². The molecule has 2 unspecified atom stereocenters. The van der Waals surface area contributed by atoms with Crippen molar-refractivity contribution < 1.29 is 14.3 Å². The molecule has 0 aromatic carbocycles. The normalized spacial score (nSPS) is 34.6. The first kappa shape index (κ1) is 15.3. The average Bonchev–Trinajstić information content (AvgIpc) is 2.68. The van der Waals surface area contributed by atoms with Gasteiger partial charge in [0.2, 0.25) is 0 Å². The van der Waals surface area contributed by atoms with Gasteiger partial charge in [-0.3, -0.25) is 4.79 Å². The minimum atomic E-state index is -0.448. The van der Waals surface area contributed by atoms with Crippen LogP contribution in [0.5, 0.6) is 0 Å². The van der Waals surface area contributed by atoms with Gasteiger partial charge in [0.15, 0.2) is 0 Å². The van der Waals surface area contributed by atoms with Crippen LogP contribution >= 0.6 is 0 Å². The number of carbonyl (C=O) groups excluding carboxylic acids is 2. The number of amides is 1. The molecular formula is C16H27NO3. The van der Waals surface area contributed by atoms with E-state index < -0.39 is 5.60 Å². The summed E-state index contributed by atoms with van der Waals surface area (Å²) in [5.74, 6) is 0.626. The van der Waals surface area contributed by atoms with Gasteiger partial charge in [0.05, 0.1) is 0 Å². The minimum Gasteiger partial charge on any atom is -0.444 e. The summed E-state index contributed by atoms with van der Waals surface area (Å²) in [5, 5.41) is 0. The van der Waals surface area contributed by atoms with Crippen molar-refractivity contribution in [2.24, 2.45) is 17.3 Å². The van der Waals surface area contributed by atoms with Crippen LogP contribution in [0.4, 0.5) is 4.79 Å². The summed E-state index contributed by atoms with van der Waals surface area (Å²) in [6, 6.07) is 0. The van der Waals surface area contributed by atoms with E-state index in [2.05, 4.69) is 0 Å².